The molecule has 0 amide bonds. The van der Waals surface area contributed by atoms with Crippen molar-refractivity contribution in [1.29, 1.82) is 0 Å². The van der Waals surface area contributed by atoms with Gasteiger partial charge in [0, 0.05) is 14.9 Å². The van der Waals surface area contributed by atoms with E-state index < -0.39 is 0 Å². The van der Waals surface area contributed by atoms with Crippen molar-refractivity contribution >= 4 is 38.3 Å². The van der Waals surface area contributed by atoms with E-state index in [1.807, 2.05) is 30.3 Å². The first-order valence-electron chi connectivity index (χ1n) is 4.20. The lowest BCUT2D eigenvalue weighted by molar-refractivity contribution is 0.281. The Labute approximate surface area is 95.4 Å². The third-order valence-corrected chi connectivity index (χ3v) is 3.40. The number of hydrogen-bond donors (Lipinski definition) is 1. The molecule has 0 spiro atoms. The van der Waals surface area contributed by atoms with Crippen LogP contribution in [0, 0.1) is 0 Å². The second-order valence-corrected chi connectivity index (χ2v) is 4.23. The molecule has 0 aromatic heterocycles. The zero-order valence-electron chi connectivity index (χ0n) is 7.30. The molecule has 0 aliphatic carbocycles. The van der Waals surface area contributed by atoms with E-state index in [4.69, 9.17) is 16.7 Å². The average molecular weight is 272 g/mol. The summed E-state index contributed by atoms with van der Waals surface area (Å²) in [4.78, 5) is 0. The lowest BCUT2D eigenvalue weighted by Gasteiger charge is -2.06. The summed E-state index contributed by atoms with van der Waals surface area (Å²) in [6.07, 6.45) is 0. The molecule has 72 valence electrons. The summed E-state index contributed by atoms with van der Waals surface area (Å²) in [6, 6.07) is 9.60. The zero-order chi connectivity index (χ0) is 10.1. The fourth-order valence-electron chi connectivity index (χ4n) is 1.46. The molecular weight excluding hydrogens is 263 g/mol. The summed E-state index contributed by atoms with van der Waals surface area (Å²) in [5.74, 6) is 0. The molecule has 0 fully saturated rings. The van der Waals surface area contributed by atoms with Crippen LogP contribution in [0.2, 0.25) is 5.02 Å². The van der Waals surface area contributed by atoms with Crippen LogP contribution in [0.5, 0.6) is 0 Å². The molecule has 0 heterocycles. The van der Waals surface area contributed by atoms with Gasteiger partial charge in [-0.2, -0.15) is 0 Å². The monoisotopic (exact) mass is 270 g/mol. The van der Waals surface area contributed by atoms with Gasteiger partial charge in [-0.3, -0.25) is 0 Å². The van der Waals surface area contributed by atoms with Crippen LogP contribution >= 0.6 is 27.5 Å². The first-order valence-corrected chi connectivity index (χ1v) is 5.37. The molecule has 1 N–H and O–H groups in total. The van der Waals surface area contributed by atoms with E-state index in [-0.39, 0.29) is 6.61 Å². The van der Waals surface area contributed by atoms with Crippen molar-refractivity contribution < 1.29 is 5.11 Å². The number of aliphatic hydroxyl groups excluding tert-OH is 1. The highest BCUT2D eigenvalue weighted by molar-refractivity contribution is 9.10. The number of rotatable bonds is 1. The number of benzene rings is 2. The first kappa shape index (κ1) is 9.97. The van der Waals surface area contributed by atoms with Crippen LogP contribution in [0.15, 0.2) is 34.8 Å². The quantitative estimate of drug-likeness (QED) is 0.837. The van der Waals surface area contributed by atoms with E-state index in [1.165, 1.54) is 0 Å². The van der Waals surface area contributed by atoms with Gasteiger partial charge in [-0.05, 0) is 32.9 Å². The standard InChI is InChI=1S/C11H8BrClO/c12-11-8(6-14)5-4-7-2-1-3-9(13)10(7)11/h1-5,14H,6H2. The van der Waals surface area contributed by atoms with E-state index in [0.717, 1.165) is 20.8 Å². The lowest BCUT2D eigenvalue weighted by atomic mass is 10.1. The minimum atomic E-state index is 0.0156. The summed E-state index contributed by atoms with van der Waals surface area (Å²) in [6.45, 7) is 0.0156. The van der Waals surface area contributed by atoms with Gasteiger partial charge in [-0.15, -0.1) is 0 Å². The number of halogens is 2. The SMILES string of the molecule is OCc1ccc2cccc(Cl)c2c1Br. The van der Waals surface area contributed by atoms with Gasteiger partial charge >= 0.3 is 0 Å². The third-order valence-electron chi connectivity index (χ3n) is 2.18. The van der Waals surface area contributed by atoms with Crippen LogP contribution in [0.25, 0.3) is 10.8 Å². The molecule has 0 aliphatic rings. The second kappa shape index (κ2) is 3.89. The van der Waals surface area contributed by atoms with Crippen LogP contribution in [0.4, 0.5) is 0 Å². The van der Waals surface area contributed by atoms with Gasteiger partial charge < -0.3 is 5.11 Å². The van der Waals surface area contributed by atoms with Gasteiger partial charge in [-0.1, -0.05) is 35.9 Å². The summed E-state index contributed by atoms with van der Waals surface area (Å²) in [5.41, 5.74) is 0.852. The Kier molecular flexibility index (Phi) is 2.77. The molecule has 0 aliphatic heterocycles. The molecule has 2 aromatic rings. The maximum absolute atomic E-state index is 9.10. The van der Waals surface area contributed by atoms with Crippen LogP contribution in [-0.4, -0.2) is 5.11 Å². The number of fused-ring (bicyclic) bond motifs is 1. The summed E-state index contributed by atoms with van der Waals surface area (Å²) >= 11 is 9.53. The Morgan fingerprint density at radius 1 is 1.21 bits per heavy atom. The molecule has 2 aromatic carbocycles. The minimum Gasteiger partial charge on any atom is -0.392 e. The van der Waals surface area contributed by atoms with Crippen molar-refractivity contribution in [3.63, 3.8) is 0 Å². The van der Waals surface area contributed by atoms with Crippen LogP contribution in [-0.2, 0) is 6.61 Å². The van der Waals surface area contributed by atoms with Gasteiger partial charge in [0.05, 0.1) is 6.61 Å². The van der Waals surface area contributed by atoms with E-state index in [0.29, 0.717) is 5.02 Å². The van der Waals surface area contributed by atoms with Gasteiger partial charge in [0.2, 0.25) is 0 Å². The molecule has 0 saturated heterocycles. The van der Waals surface area contributed by atoms with E-state index in [9.17, 15) is 0 Å². The minimum absolute atomic E-state index is 0.0156. The summed E-state index contributed by atoms with van der Waals surface area (Å²) < 4.78 is 0.878. The molecule has 0 radical (unpaired) electrons. The predicted molar refractivity (Wildman–Crippen MR) is 62.6 cm³/mol. The van der Waals surface area contributed by atoms with Crippen molar-refractivity contribution in [1.82, 2.24) is 0 Å². The predicted octanol–water partition coefficient (Wildman–Crippen LogP) is 3.75. The molecule has 1 nitrogen and oxygen atoms in total. The van der Waals surface area contributed by atoms with Crippen LogP contribution in [0.1, 0.15) is 5.56 Å². The van der Waals surface area contributed by atoms with E-state index in [1.54, 1.807) is 0 Å². The Balaban J connectivity index is 2.86. The van der Waals surface area contributed by atoms with Gasteiger partial charge in [0.25, 0.3) is 0 Å². The summed E-state index contributed by atoms with van der Waals surface area (Å²) in [7, 11) is 0. The molecule has 3 heteroatoms. The topological polar surface area (TPSA) is 20.2 Å². The summed E-state index contributed by atoms with van der Waals surface area (Å²) in [5, 5.41) is 11.8. The molecule has 0 saturated carbocycles. The highest BCUT2D eigenvalue weighted by Crippen LogP contribution is 2.33. The average Bonchev–Trinajstić information content (AvgIpc) is 2.18. The van der Waals surface area contributed by atoms with Gasteiger partial charge in [0.1, 0.15) is 0 Å². The third kappa shape index (κ3) is 1.54. The Bertz CT molecular complexity index is 482. The maximum Gasteiger partial charge on any atom is 0.0693 e. The Morgan fingerprint density at radius 2 is 2.00 bits per heavy atom. The number of hydrogen-bond acceptors (Lipinski definition) is 1. The molecule has 14 heavy (non-hydrogen) atoms. The molecular formula is C11H8BrClO. The van der Waals surface area contributed by atoms with Gasteiger partial charge in [0.15, 0.2) is 0 Å². The van der Waals surface area contributed by atoms with Gasteiger partial charge in [-0.25, -0.2) is 0 Å². The highest BCUT2D eigenvalue weighted by Gasteiger charge is 2.06. The normalized spacial score (nSPS) is 10.8. The highest BCUT2D eigenvalue weighted by atomic mass is 79.9. The fraction of sp³-hybridized carbons (Fsp3) is 0.0909. The van der Waals surface area contributed by atoms with Crippen molar-refractivity contribution in [2.75, 3.05) is 0 Å². The van der Waals surface area contributed by atoms with Crippen molar-refractivity contribution in [2.24, 2.45) is 0 Å². The molecule has 0 atom stereocenters. The maximum atomic E-state index is 9.10. The van der Waals surface area contributed by atoms with Crippen molar-refractivity contribution in [3.05, 3.63) is 45.4 Å². The van der Waals surface area contributed by atoms with Crippen LogP contribution < -0.4 is 0 Å². The second-order valence-electron chi connectivity index (χ2n) is 3.03. The smallest absolute Gasteiger partial charge is 0.0693 e. The lowest BCUT2D eigenvalue weighted by Crippen LogP contribution is -1.86. The van der Waals surface area contributed by atoms with E-state index >= 15 is 0 Å². The molecule has 2 rings (SSSR count). The molecule has 0 bridgehead atoms. The Hall–Kier alpha value is -0.570. The fourth-order valence-corrected chi connectivity index (χ4v) is 2.55. The largest absolute Gasteiger partial charge is 0.392 e. The Morgan fingerprint density at radius 3 is 2.71 bits per heavy atom. The number of aliphatic hydroxyl groups is 1. The van der Waals surface area contributed by atoms with Crippen molar-refractivity contribution in [2.45, 2.75) is 6.61 Å². The van der Waals surface area contributed by atoms with E-state index in [2.05, 4.69) is 15.9 Å². The zero-order valence-corrected chi connectivity index (χ0v) is 9.64. The molecule has 0 unspecified atom stereocenters. The van der Waals surface area contributed by atoms with Crippen LogP contribution in [0.3, 0.4) is 0 Å². The van der Waals surface area contributed by atoms with Crippen molar-refractivity contribution in [3.8, 4) is 0 Å². The first-order chi connectivity index (χ1) is 6.74.